The van der Waals surface area contributed by atoms with Crippen LogP contribution in [0.5, 0.6) is 0 Å². The molecule has 0 bridgehead atoms. The van der Waals surface area contributed by atoms with Gasteiger partial charge in [-0.25, -0.2) is 5.01 Å². The molecule has 2 aromatic carbocycles. The van der Waals surface area contributed by atoms with Crippen LogP contribution in [0.1, 0.15) is 11.1 Å². The van der Waals surface area contributed by atoms with Crippen molar-refractivity contribution < 1.29 is 5.11 Å². The predicted octanol–water partition coefficient (Wildman–Crippen LogP) is 2.36. The van der Waals surface area contributed by atoms with Gasteiger partial charge in [0.2, 0.25) is 0 Å². The number of nitrogens with zero attached hydrogens (tertiary/aromatic N) is 2. The van der Waals surface area contributed by atoms with Crippen molar-refractivity contribution in [3.05, 3.63) is 90.1 Å². The molecule has 3 rings (SSSR count). The second kappa shape index (κ2) is 9.39. The SMILES string of the molecule is N[C@@H](C[13c]1[13cH][13cH][13cH][13cH][13cH]1)[C@@H](O)CN(N)Cc1ccc(-c2ccccn2)cc1. The van der Waals surface area contributed by atoms with Gasteiger partial charge in [-0.2, -0.15) is 0 Å². The van der Waals surface area contributed by atoms with Gasteiger partial charge >= 0.3 is 0 Å². The molecule has 2 atom stereocenters. The number of hydrogen-bond donors (Lipinski definition) is 3. The number of aliphatic hydroxyl groups excluding tert-OH is 1. The molecule has 27 heavy (non-hydrogen) atoms. The highest BCUT2D eigenvalue weighted by atomic mass is 16.3. The summed E-state index contributed by atoms with van der Waals surface area (Å²) in [6.45, 7) is 0.855. The van der Waals surface area contributed by atoms with Crippen molar-refractivity contribution in [2.24, 2.45) is 11.6 Å². The Bertz CT molecular complexity index is 809. The minimum atomic E-state index is -0.692. The van der Waals surface area contributed by atoms with Gasteiger partial charge in [-0.3, -0.25) is 10.8 Å². The molecular formula is C22H26N4O. The van der Waals surface area contributed by atoms with Crippen molar-refractivity contribution >= 4 is 0 Å². The van der Waals surface area contributed by atoms with E-state index in [9.17, 15) is 5.11 Å². The fourth-order valence-electron chi connectivity index (χ4n) is 3.01. The fraction of sp³-hybridized carbons (Fsp3) is 0.227. The van der Waals surface area contributed by atoms with Crippen molar-refractivity contribution in [2.75, 3.05) is 6.54 Å². The number of aliphatic hydroxyl groups is 1. The molecule has 3 aromatic rings. The van der Waals surface area contributed by atoms with E-state index in [4.69, 9.17) is 11.6 Å². The average molecular weight is 368 g/mol. The van der Waals surface area contributed by atoms with Gasteiger partial charge in [0.15, 0.2) is 0 Å². The summed E-state index contributed by atoms with van der Waals surface area (Å²) in [6, 6.07) is 23.5. The molecule has 0 saturated carbocycles. The molecule has 1 aromatic heterocycles. The number of nitrogens with two attached hydrogens (primary N) is 2. The van der Waals surface area contributed by atoms with Crippen molar-refractivity contribution in [1.82, 2.24) is 9.99 Å². The first-order valence-corrected chi connectivity index (χ1v) is 9.09. The maximum atomic E-state index is 10.4. The quantitative estimate of drug-likeness (QED) is 0.420. The van der Waals surface area contributed by atoms with Gasteiger partial charge in [0, 0.05) is 30.9 Å². The topological polar surface area (TPSA) is 88.4 Å². The zero-order valence-electron chi connectivity index (χ0n) is 15.3. The first-order chi connectivity index (χ1) is 13.1. The minimum Gasteiger partial charge on any atom is -0.390 e. The molecule has 5 nitrogen and oxygen atoms in total. The Morgan fingerprint density at radius 1 is 0.889 bits per heavy atom. The van der Waals surface area contributed by atoms with E-state index in [1.54, 1.807) is 11.2 Å². The second-order valence-corrected chi connectivity index (χ2v) is 6.76. The van der Waals surface area contributed by atoms with Crippen molar-refractivity contribution in [1.29, 1.82) is 0 Å². The number of rotatable bonds is 8. The third-order valence-electron chi connectivity index (χ3n) is 4.53. The van der Waals surface area contributed by atoms with E-state index >= 15 is 0 Å². The number of pyridine rings is 1. The Morgan fingerprint density at radius 3 is 2.26 bits per heavy atom. The standard InChI is InChI=1S/C22H26N4O/c23-20(14-17-6-2-1-3-7-17)22(27)16-26(24)15-18-9-11-19(12-10-18)21-8-4-5-13-25-21/h1-13,20,22,27H,14-16,23-24H2/t20-,22-/m0/s1/i1+1,2+1,3+1,6+1,7+1,17+1. The maximum absolute atomic E-state index is 10.4. The van der Waals surface area contributed by atoms with Gasteiger partial charge < -0.3 is 10.8 Å². The Kier molecular flexibility index (Phi) is 6.68. The highest BCUT2D eigenvalue weighted by Crippen LogP contribution is 2.17. The molecule has 5 N–H and O–H groups in total. The fourth-order valence-corrected chi connectivity index (χ4v) is 3.01. The van der Waals surface area contributed by atoms with E-state index in [-0.39, 0.29) is 6.04 Å². The molecule has 0 aliphatic heterocycles. The summed E-state index contributed by atoms with van der Waals surface area (Å²) in [5.41, 5.74) is 10.3. The van der Waals surface area contributed by atoms with Crippen LogP contribution in [0.4, 0.5) is 0 Å². The Balaban J connectivity index is 1.51. The second-order valence-electron chi connectivity index (χ2n) is 6.76. The molecule has 0 aliphatic rings. The molecule has 0 spiro atoms. The predicted molar refractivity (Wildman–Crippen MR) is 108 cm³/mol. The normalized spacial score (nSPS) is 13.5. The first kappa shape index (κ1) is 19.2. The lowest BCUT2D eigenvalue weighted by Gasteiger charge is -2.24. The summed E-state index contributed by atoms with van der Waals surface area (Å²) >= 11 is 0. The van der Waals surface area contributed by atoms with Crippen LogP contribution in [0.15, 0.2) is 79.0 Å². The van der Waals surface area contributed by atoms with Crippen molar-refractivity contribution in [3.63, 3.8) is 0 Å². The Hall–Kier alpha value is -2.57. The van der Waals surface area contributed by atoms with Crippen molar-refractivity contribution in [2.45, 2.75) is 25.1 Å². The highest BCUT2D eigenvalue weighted by Gasteiger charge is 2.17. The van der Waals surface area contributed by atoms with Crippen LogP contribution < -0.4 is 11.6 Å². The highest BCUT2D eigenvalue weighted by molar-refractivity contribution is 5.58. The third kappa shape index (κ3) is 5.70. The smallest absolute Gasteiger partial charge is 0.0835 e. The Morgan fingerprint density at radius 2 is 1.59 bits per heavy atom. The Labute approximate surface area is 160 Å². The molecule has 0 radical (unpaired) electrons. The van der Waals surface area contributed by atoms with Crippen LogP contribution in [-0.2, 0) is 13.0 Å². The van der Waals surface area contributed by atoms with E-state index < -0.39 is 6.10 Å². The monoisotopic (exact) mass is 368 g/mol. The molecular weight excluding hydrogens is 342 g/mol. The van der Waals surface area contributed by atoms with E-state index in [1.807, 2.05) is 72.8 Å². The zero-order chi connectivity index (χ0) is 19.1. The van der Waals surface area contributed by atoms with Gasteiger partial charge in [0.1, 0.15) is 0 Å². The summed E-state index contributed by atoms with van der Waals surface area (Å²) in [7, 11) is 0. The lowest BCUT2D eigenvalue weighted by molar-refractivity contribution is 0.0877. The number of hydrogen-bond acceptors (Lipinski definition) is 5. The van der Waals surface area contributed by atoms with Crippen LogP contribution in [0.25, 0.3) is 11.3 Å². The van der Waals surface area contributed by atoms with E-state index in [2.05, 4.69) is 4.98 Å². The molecule has 0 unspecified atom stereocenters. The third-order valence-corrected chi connectivity index (χ3v) is 4.53. The van der Waals surface area contributed by atoms with Crippen LogP contribution in [0.2, 0.25) is 0 Å². The summed E-state index contributed by atoms with van der Waals surface area (Å²) in [6.07, 6.45) is 1.71. The number of hydrazine groups is 1. The molecule has 0 amide bonds. The minimum absolute atomic E-state index is 0.315. The van der Waals surface area contributed by atoms with E-state index in [0.29, 0.717) is 19.5 Å². The molecule has 0 saturated heterocycles. The van der Waals surface area contributed by atoms with Gasteiger partial charge in [0.25, 0.3) is 0 Å². The summed E-state index contributed by atoms with van der Waals surface area (Å²) in [5, 5.41) is 12.0. The summed E-state index contributed by atoms with van der Waals surface area (Å²) < 4.78 is 0. The summed E-state index contributed by atoms with van der Waals surface area (Å²) in [4.78, 5) is 4.35. The molecule has 0 fully saturated rings. The molecule has 0 aliphatic carbocycles. The average Bonchev–Trinajstić information content (AvgIpc) is 2.70. The van der Waals surface area contributed by atoms with E-state index in [1.165, 1.54) is 0 Å². The van der Waals surface area contributed by atoms with Crippen LogP contribution >= 0.6 is 0 Å². The zero-order valence-corrected chi connectivity index (χ0v) is 15.3. The van der Waals surface area contributed by atoms with Crippen molar-refractivity contribution in [3.8, 4) is 11.3 Å². The van der Waals surface area contributed by atoms with Gasteiger partial charge in [-0.05, 0) is 29.7 Å². The molecule has 140 valence electrons. The van der Waals surface area contributed by atoms with Gasteiger partial charge in [-0.1, -0.05) is 60.7 Å². The molecule has 5 heteroatoms. The lowest BCUT2D eigenvalue weighted by Crippen LogP contribution is -2.46. The van der Waals surface area contributed by atoms with Gasteiger partial charge in [-0.15, -0.1) is 0 Å². The summed E-state index contributed by atoms with van der Waals surface area (Å²) in [5.74, 6) is 6.09. The van der Waals surface area contributed by atoms with Gasteiger partial charge in [0.05, 0.1) is 11.8 Å². The number of benzene rings is 2. The molecule has 1 heterocycles. The maximum Gasteiger partial charge on any atom is 0.0835 e. The van der Waals surface area contributed by atoms with E-state index in [0.717, 1.165) is 22.4 Å². The largest absolute Gasteiger partial charge is 0.390 e. The van der Waals surface area contributed by atoms with Crippen LogP contribution in [-0.4, -0.2) is 33.8 Å². The van der Waals surface area contributed by atoms with Crippen LogP contribution in [0, 0.1) is 0 Å². The lowest BCUT2D eigenvalue weighted by atomic mass is 10.1. The van der Waals surface area contributed by atoms with Crippen LogP contribution in [0.3, 0.4) is 0 Å². The number of aromatic nitrogens is 1. The first-order valence-electron chi connectivity index (χ1n) is 9.09.